The lowest BCUT2D eigenvalue weighted by Gasteiger charge is -2.24. The van der Waals surface area contributed by atoms with Crippen molar-refractivity contribution in [3.8, 4) is 0 Å². The van der Waals surface area contributed by atoms with Crippen molar-refractivity contribution in [1.29, 1.82) is 0 Å². The van der Waals surface area contributed by atoms with Crippen LogP contribution in [-0.2, 0) is 6.42 Å². The van der Waals surface area contributed by atoms with E-state index in [1.165, 1.54) is 11.1 Å². The molecule has 0 aromatic heterocycles. The number of nitrogens with one attached hydrogen (secondary N) is 1. The summed E-state index contributed by atoms with van der Waals surface area (Å²) in [5.74, 6) is 1.10. The molecule has 0 aliphatic carbocycles. The van der Waals surface area contributed by atoms with E-state index in [0.717, 1.165) is 12.3 Å². The second-order valence-electron chi connectivity index (χ2n) is 7.06. The van der Waals surface area contributed by atoms with Crippen LogP contribution in [0.15, 0.2) is 28.9 Å². The minimum absolute atomic E-state index is 1.09. The summed E-state index contributed by atoms with van der Waals surface area (Å²) in [5.41, 5.74) is 2.60. The Labute approximate surface area is 120 Å². The average Bonchev–Trinajstić information content (AvgIpc) is 2.24. The van der Waals surface area contributed by atoms with E-state index in [-0.39, 0.29) is 0 Å². The van der Waals surface area contributed by atoms with Gasteiger partial charge >= 0.3 is 0 Å². The van der Waals surface area contributed by atoms with E-state index in [1.54, 1.807) is 0 Å². The minimum atomic E-state index is -1.48. The Morgan fingerprint density at radius 2 is 1.53 bits per heavy atom. The van der Waals surface area contributed by atoms with Crippen molar-refractivity contribution in [2.24, 2.45) is 4.66 Å². The van der Waals surface area contributed by atoms with Gasteiger partial charge in [-0.15, -0.1) is 0 Å². The van der Waals surface area contributed by atoms with Crippen LogP contribution in [0.2, 0.25) is 39.3 Å². The van der Waals surface area contributed by atoms with E-state index in [2.05, 4.69) is 75.5 Å². The van der Waals surface area contributed by atoms with Crippen LogP contribution in [0.4, 0.5) is 0 Å². The van der Waals surface area contributed by atoms with Crippen LogP contribution < -0.4 is 4.98 Å². The van der Waals surface area contributed by atoms with Gasteiger partial charge in [-0.3, -0.25) is 0 Å². The monoisotopic (exact) mass is 292 g/mol. The van der Waals surface area contributed by atoms with Crippen LogP contribution >= 0.6 is 0 Å². The first-order valence-corrected chi connectivity index (χ1v) is 14.0. The number of aryl methyl sites for hydroxylation is 1. The SMILES string of the molecule is CCc1ccc(/C(=N\[Si](C)(C)C)N[Si](C)(C)C)cc1. The Hall–Kier alpha value is -0.876. The van der Waals surface area contributed by atoms with Crippen molar-refractivity contribution in [1.82, 2.24) is 4.98 Å². The fraction of sp³-hybridized carbons (Fsp3) is 0.533. The van der Waals surface area contributed by atoms with Crippen LogP contribution in [0.3, 0.4) is 0 Å². The number of nitrogens with zero attached hydrogens (tertiary/aromatic N) is 1. The average molecular weight is 293 g/mol. The first-order valence-electron chi connectivity index (χ1n) is 7.08. The summed E-state index contributed by atoms with van der Waals surface area (Å²) in [6, 6.07) is 8.82. The Morgan fingerprint density at radius 1 is 1.00 bits per heavy atom. The molecule has 0 bridgehead atoms. The molecule has 0 unspecified atom stereocenters. The van der Waals surface area contributed by atoms with Crippen molar-refractivity contribution < 1.29 is 0 Å². The summed E-state index contributed by atoms with van der Waals surface area (Å²) < 4.78 is 5.00. The lowest BCUT2D eigenvalue weighted by atomic mass is 10.1. The van der Waals surface area contributed by atoms with E-state index in [1.807, 2.05) is 0 Å². The normalized spacial score (nSPS) is 13.5. The first kappa shape index (κ1) is 16.2. The Balaban J connectivity index is 3.12. The summed E-state index contributed by atoms with van der Waals surface area (Å²) in [5, 5.41) is 0. The minimum Gasteiger partial charge on any atom is -0.396 e. The third-order valence-electron chi connectivity index (χ3n) is 2.58. The Bertz CT molecular complexity index is 437. The van der Waals surface area contributed by atoms with Crippen molar-refractivity contribution in [2.75, 3.05) is 0 Å². The molecule has 0 aliphatic heterocycles. The molecule has 0 fully saturated rings. The molecule has 1 aromatic rings. The molecule has 0 spiro atoms. The van der Waals surface area contributed by atoms with Crippen molar-refractivity contribution in [3.05, 3.63) is 35.4 Å². The van der Waals surface area contributed by atoms with Gasteiger partial charge in [-0.25, -0.2) is 0 Å². The summed E-state index contributed by atoms with van der Waals surface area (Å²) in [6.07, 6.45) is 1.09. The zero-order valence-corrected chi connectivity index (χ0v) is 15.5. The van der Waals surface area contributed by atoms with E-state index >= 15 is 0 Å². The van der Waals surface area contributed by atoms with Gasteiger partial charge in [0.25, 0.3) is 0 Å². The molecule has 0 saturated heterocycles. The third-order valence-corrected chi connectivity index (χ3v) is 4.46. The quantitative estimate of drug-likeness (QED) is 0.500. The number of amidine groups is 1. The first-order chi connectivity index (χ1) is 8.61. The predicted octanol–water partition coefficient (Wildman–Crippen LogP) is 4.26. The predicted molar refractivity (Wildman–Crippen MR) is 92.2 cm³/mol. The summed E-state index contributed by atoms with van der Waals surface area (Å²) >= 11 is 0. The molecule has 0 saturated carbocycles. The highest BCUT2D eigenvalue weighted by atomic mass is 28.3. The molecule has 0 radical (unpaired) electrons. The van der Waals surface area contributed by atoms with Gasteiger partial charge in [-0.2, -0.15) is 0 Å². The van der Waals surface area contributed by atoms with Crippen molar-refractivity contribution in [2.45, 2.75) is 52.6 Å². The summed E-state index contributed by atoms with van der Waals surface area (Å²) in [6.45, 7) is 16.0. The molecule has 0 aliphatic rings. The number of benzene rings is 1. The Kier molecular flexibility index (Phi) is 5.15. The van der Waals surface area contributed by atoms with Crippen LogP contribution in [0.25, 0.3) is 0 Å². The van der Waals surface area contributed by atoms with E-state index in [4.69, 9.17) is 4.66 Å². The highest BCUT2D eigenvalue weighted by Gasteiger charge is 2.20. The fourth-order valence-electron chi connectivity index (χ4n) is 1.75. The zero-order valence-electron chi connectivity index (χ0n) is 13.5. The summed E-state index contributed by atoms with van der Waals surface area (Å²) in [7, 11) is -2.86. The van der Waals surface area contributed by atoms with Gasteiger partial charge in [0.05, 0.1) is 0 Å². The highest BCUT2D eigenvalue weighted by Crippen LogP contribution is 2.11. The van der Waals surface area contributed by atoms with Gasteiger partial charge in [0, 0.05) is 5.56 Å². The van der Waals surface area contributed by atoms with Gasteiger partial charge in [-0.1, -0.05) is 50.8 Å². The number of hydrogen-bond donors (Lipinski definition) is 1. The Morgan fingerprint density at radius 3 is 1.89 bits per heavy atom. The molecular weight excluding hydrogens is 264 g/mol. The number of rotatable bonds is 4. The van der Waals surface area contributed by atoms with Gasteiger partial charge in [0.15, 0.2) is 8.24 Å². The lowest BCUT2D eigenvalue weighted by molar-refractivity contribution is 1.14. The molecule has 2 nitrogen and oxygen atoms in total. The van der Waals surface area contributed by atoms with E-state index in [9.17, 15) is 0 Å². The van der Waals surface area contributed by atoms with Gasteiger partial charge in [0.2, 0.25) is 0 Å². The van der Waals surface area contributed by atoms with Crippen LogP contribution in [0.1, 0.15) is 18.1 Å². The standard InChI is InChI=1S/C15H28N2Si2/c1-8-13-9-11-14(12-10-13)15(16-18(2,3)4)17-19(5,6)7/h9-12H,8H2,1-7H3,(H,16,17). The van der Waals surface area contributed by atoms with E-state index < -0.39 is 16.5 Å². The maximum absolute atomic E-state index is 5.00. The molecule has 0 heterocycles. The highest BCUT2D eigenvalue weighted by molar-refractivity contribution is 6.78. The molecule has 106 valence electrons. The molecule has 19 heavy (non-hydrogen) atoms. The van der Waals surface area contributed by atoms with Crippen LogP contribution in [0.5, 0.6) is 0 Å². The second kappa shape index (κ2) is 6.05. The lowest BCUT2D eigenvalue weighted by Crippen LogP contribution is -2.47. The number of hydrogen-bond acceptors (Lipinski definition) is 1. The van der Waals surface area contributed by atoms with Crippen molar-refractivity contribution in [3.63, 3.8) is 0 Å². The molecule has 1 N–H and O–H groups in total. The smallest absolute Gasteiger partial charge is 0.175 e. The molecule has 0 amide bonds. The molecule has 0 atom stereocenters. The zero-order chi connectivity index (χ0) is 14.7. The second-order valence-corrected chi connectivity index (χ2v) is 16.4. The van der Waals surface area contributed by atoms with Gasteiger partial charge in [0.1, 0.15) is 14.1 Å². The van der Waals surface area contributed by atoms with E-state index in [0.29, 0.717) is 0 Å². The third kappa shape index (κ3) is 6.21. The largest absolute Gasteiger partial charge is 0.396 e. The van der Waals surface area contributed by atoms with Crippen molar-refractivity contribution >= 4 is 22.3 Å². The van der Waals surface area contributed by atoms with Gasteiger partial charge in [-0.05, 0) is 31.6 Å². The molecule has 1 rings (SSSR count). The summed E-state index contributed by atoms with van der Waals surface area (Å²) in [4.78, 5) is 3.69. The molecule has 4 heteroatoms. The topological polar surface area (TPSA) is 24.4 Å². The molecular formula is C15H28N2Si2. The fourth-order valence-corrected chi connectivity index (χ4v) is 3.63. The molecule has 1 aromatic carbocycles. The maximum atomic E-state index is 5.00. The van der Waals surface area contributed by atoms with Crippen LogP contribution in [-0.4, -0.2) is 22.3 Å². The van der Waals surface area contributed by atoms with Crippen LogP contribution in [0, 0.1) is 0 Å². The maximum Gasteiger partial charge on any atom is 0.175 e. The van der Waals surface area contributed by atoms with Gasteiger partial charge < -0.3 is 9.64 Å².